The van der Waals surface area contributed by atoms with Gasteiger partial charge in [-0.2, -0.15) is 0 Å². The van der Waals surface area contributed by atoms with E-state index in [-0.39, 0.29) is 16.5 Å². The minimum Gasteiger partial charge on any atom is -0.348 e. The Bertz CT molecular complexity index is 979. The molecule has 0 unspecified atom stereocenters. The molecule has 2 aromatic carbocycles. The minimum absolute atomic E-state index is 0. The molecule has 2 aromatic rings. The molecular formula is C32H44N2Ni. The maximum absolute atomic E-state index is 9.21. The Morgan fingerprint density at radius 1 is 0.743 bits per heavy atom. The predicted molar refractivity (Wildman–Crippen MR) is 147 cm³/mol. The second-order valence-electron chi connectivity index (χ2n) is 9.42. The van der Waals surface area contributed by atoms with Gasteiger partial charge in [-0.3, -0.25) is 0 Å². The molecule has 0 radical (unpaired) electrons. The first kappa shape index (κ1) is 30.9. The Labute approximate surface area is 224 Å². The molecule has 3 heteroatoms. The molecule has 0 aliphatic rings. The van der Waals surface area contributed by atoms with E-state index in [4.69, 9.17) is 0 Å². The largest absolute Gasteiger partial charge is 0.348 e. The molecule has 0 amide bonds. The van der Waals surface area contributed by atoms with Crippen molar-refractivity contribution >= 4 is 11.4 Å². The van der Waals surface area contributed by atoms with Crippen molar-refractivity contribution in [2.75, 3.05) is 0 Å². The zero-order valence-corrected chi connectivity index (χ0v) is 23.1. The number of hydrogen-bond donors (Lipinski definition) is 0. The monoisotopic (exact) mass is 514 g/mol. The van der Waals surface area contributed by atoms with Crippen LogP contribution in [-0.4, -0.2) is 10.7 Å². The summed E-state index contributed by atoms with van der Waals surface area (Å²) in [5.74, 6) is 2.83. The maximum Gasteiger partial charge on any atom is 0.303 e. The van der Waals surface area contributed by atoms with Gasteiger partial charge in [-0.1, -0.05) is 114 Å². The molecule has 0 aliphatic carbocycles. The molecule has 35 heavy (non-hydrogen) atoms. The van der Waals surface area contributed by atoms with Crippen LogP contribution in [0, 0.1) is 0 Å². The number of benzene rings is 2. The smallest absolute Gasteiger partial charge is 0.303 e. The van der Waals surface area contributed by atoms with E-state index in [2.05, 4.69) is 86.0 Å². The van der Waals surface area contributed by atoms with Crippen LogP contribution in [0.3, 0.4) is 0 Å². The van der Waals surface area contributed by atoms with Gasteiger partial charge in [0, 0.05) is 16.5 Å². The molecule has 0 bridgehead atoms. The average molecular weight is 515 g/mol. The van der Waals surface area contributed by atoms with Gasteiger partial charge in [-0.15, -0.1) is 4.79 Å². The maximum atomic E-state index is 9.21. The molecule has 0 heterocycles. The second-order valence-corrected chi connectivity index (χ2v) is 9.42. The van der Waals surface area contributed by atoms with Crippen molar-refractivity contribution in [2.45, 2.75) is 104 Å². The van der Waals surface area contributed by atoms with Crippen molar-refractivity contribution in [3.05, 3.63) is 88.0 Å². The van der Waals surface area contributed by atoms with Gasteiger partial charge in [0.1, 0.15) is 0 Å². The molecule has 0 N–H and O–H groups in total. The van der Waals surface area contributed by atoms with E-state index in [1.807, 2.05) is 0 Å². The zero-order valence-electron chi connectivity index (χ0n) is 22.1. The zero-order chi connectivity index (χ0) is 24.4. The van der Waals surface area contributed by atoms with Gasteiger partial charge in [0.25, 0.3) is 0 Å². The van der Waals surface area contributed by atoms with E-state index in [1.54, 1.807) is 0 Å². The number of allylic oxidation sites excluding steroid dienone is 2. The Hall–Kier alpha value is -2.17. The van der Waals surface area contributed by atoms with Crippen molar-refractivity contribution < 1.29 is 21.3 Å². The molecule has 2 nitrogen and oxygen atoms in total. The van der Waals surface area contributed by atoms with Crippen molar-refractivity contribution in [2.24, 2.45) is 0 Å². The summed E-state index contributed by atoms with van der Waals surface area (Å²) < 4.78 is 0. The van der Waals surface area contributed by atoms with E-state index in [9.17, 15) is 5.53 Å². The molecule has 192 valence electrons. The number of unbranched alkanes of at least 4 members (excludes halogenated alkanes) is 7. The summed E-state index contributed by atoms with van der Waals surface area (Å²) in [6, 6.07) is 17.9. The second kappa shape index (κ2) is 19.1. The summed E-state index contributed by atoms with van der Waals surface area (Å²) >= 11 is 0. The van der Waals surface area contributed by atoms with Crippen LogP contribution < -0.4 is 0 Å². The van der Waals surface area contributed by atoms with Crippen LogP contribution in [-0.2, 0) is 29.3 Å². The van der Waals surface area contributed by atoms with E-state index in [0.717, 1.165) is 37.7 Å². The quantitative estimate of drug-likeness (QED) is 0.0533. The molecule has 0 atom stereocenters. The molecule has 0 aliphatic heterocycles. The first-order valence-corrected chi connectivity index (χ1v) is 13.6. The average Bonchev–Trinajstić information content (AvgIpc) is 2.87. The summed E-state index contributed by atoms with van der Waals surface area (Å²) in [6.45, 7) is 6.69. The molecule has 0 spiro atoms. The molecule has 0 saturated carbocycles. The third-order valence-electron chi connectivity index (χ3n) is 6.43. The van der Waals surface area contributed by atoms with Crippen molar-refractivity contribution in [3.8, 4) is 0 Å². The number of nitrogens with zero attached hydrogens (tertiary/aromatic N) is 2. The molecule has 0 fully saturated rings. The van der Waals surface area contributed by atoms with Crippen LogP contribution in [0.15, 0.2) is 60.2 Å². The standard InChI is InChI=1S/C32H44N2.Ni/c1-4-7-10-11-12-13-18-28-20-15-22-31(24-28)32(25-29(26-34-33)17-9-6-3)30-21-14-19-27(23-30)16-8-5-2;/h14-15,19-25H,4-13,16-18H2,1-3H3;. The topological polar surface area (TPSA) is 36.4 Å². The Morgan fingerprint density at radius 3 is 1.86 bits per heavy atom. The van der Waals surface area contributed by atoms with Crippen LogP contribution in [0.1, 0.15) is 114 Å². The fraction of sp³-hybridized carbons (Fsp3) is 0.500. The Morgan fingerprint density at radius 2 is 1.29 bits per heavy atom. The fourth-order valence-electron chi connectivity index (χ4n) is 4.38. The Kier molecular flexibility index (Phi) is 16.8. The third-order valence-corrected chi connectivity index (χ3v) is 6.43. The first-order chi connectivity index (χ1) is 16.7. The summed E-state index contributed by atoms with van der Waals surface area (Å²) in [5, 5.41) is 0. The summed E-state index contributed by atoms with van der Waals surface area (Å²) in [6.07, 6.45) is 17.7. The van der Waals surface area contributed by atoms with Gasteiger partial charge in [0.05, 0.1) is 5.57 Å². The summed E-state index contributed by atoms with van der Waals surface area (Å²) in [7, 11) is 0. The van der Waals surface area contributed by atoms with E-state index < -0.39 is 0 Å². The van der Waals surface area contributed by atoms with Crippen LogP contribution >= 0.6 is 0 Å². The van der Waals surface area contributed by atoms with Crippen LogP contribution in [0.4, 0.5) is 0 Å². The van der Waals surface area contributed by atoms with Crippen molar-refractivity contribution in [3.63, 3.8) is 0 Å². The summed E-state index contributed by atoms with van der Waals surface area (Å²) in [5.41, 5.74) is 16.6. The normalized spacial score (nSPS) is 10.9. The van der Waals surface area contributed by atoms with Crippen LogP contribution in [0.2, 0.25) is 0 Å². The summed E-state index contributed by atoms with van der Waals surface area (Å²) in [4.78, 5) is 3.24. The van der Waals surface area contributed by atoms with Gasteiger partial charge in [-0.25, -0.2) is 0 Å². The van der Waals surface area contributed by atoms with E-state index in [0.29, 0.717) is 0 Å². The first-order valence-electron chi connectivity index (χ1n) is 13.6. The van der Waals surface area contributed by atoms with E-state index in [1.165, 1.54) is 79.2 Å². The van der Waals surface area contributed by atoms with Crippen LogP contribution in [0.5, 0.6) is 0 Å². The molecule has 2 rings (SSSR count). The molecule has 0 saturated heterocycles. The Balaban J connectivity index is 0.00000612. The van der Waals surface area contributed by atoms with Crippen molar-refractivity contribution in [1.82, 2.24) is 0 Å². The van der Waals surface area contributed by atoms with Gasteiger partial charge >= 0.3 is 5.87 Å². The van der Waals surface area contributed by atoms with Gasteiger partial charge in [-0.05, 0) is 72.4 Å². The van der Waals surface area contributed by atoms with Gasteiger partial charge in [0.15, 0.2) is 0 Å². The van der Waals surface area contributed by atoms with Gasteiger partial charge < -0.3 is 5.53 Å². The fourth-order valence-corrected chi connectivity index (χ4v) is 4.38. The predicted octanol–water partition coefficient (Wildman–Crippen LogP) is 9.38. The number of rotatable bonds is 16. The SMILES string of the molecule is CCCCCCCCc1cccc(C(=CC(=C=[N+]=[N-])CCCC)c2cccc(CCCC)c2)c1.[Ni]. The number of hydrogen-bond acceptors (Lipinski definition) is 0. The van der Waals surface area contributed by atoms with Gasteiger partial charge in [0.2, 0.25) is 0 Å². The number of aryl methyl sites for hydroxylation is 2. The van der Waals surface area contributed by atoms with E-state index >= 15 is 0 Å². The minimum atomic E-state index is 0. The molecule has 0 aromatic heterocycles. The van der Waals surface area contributed by atoms with Crippen molar-refractivity contribution in [1.29, 1.82) is 0 Å². The third kappa shape index (κ3) is 11.9. The molecular weight excluding hydrogens is 471 g/mol. The van der Waals surface area contributed by atoms with Crippen LogP contribution in [0.25, 0.3) is 11.1 Å².